The molecule has 0 heterocycles. The molecule has 0 fully saturated rings. The molecular formula is C18H22N2O. The Labute approximate surface area is 126 Å². The normalized spacial score (nSPS) is 11.0. The molecule has 0 saturated heterocycles. The lowest BCUT2D eigenvalue weighted by Gasteiger charge is -2.26. The molecule has 3 nitrogen and oxygen atoms in total. The number of rotatable bonds is 5. The topological polar surface area (TPSA) is 41.1 Å². The number of amides is 1. The Morgan fingerprint density at radius 1 is 0.952 bits per heavy atom. The minimum atomic E-state index is -0.0949. The predicted octanol–water partition coefficient (Wildman–Crippen LogP) is 4.54. The van der Waals surface area contributed by atoms with Crippen molar-refractivity contribution >= 4 is 17.3 Å². The average Bonchev–Trinajstić information content (AvgIpc) is 2.48. The molecule has 0 bridgehead atoms. The summed E-state index contributed by atoms with van der Waals surface area (Å²) in [6.07, 6.45) is 1.03. The van der Waals surface area contributed by atoms with Gasteiger partial charge in [-0.3, -0.25) is 4.79 Å². The van der Waals surface area contributed by atoms with Gasteiger partial charge in [0, 0.05) is 22.5 Å². The summed E-state index contributed by atoms with van der Waals surface area (Å²) >= 11 is 0. The molecule has 2 aromatic carbocycles. The van der Waals surface area contributed by atoms with Gasteiger partial charge in [0.2, 0.25) is 0 Å². The van der Waals surface area contributed by atoms with Crippen LogP contribution in [0.1, 0.15) is 37.6 Å². The van der Waals surface area contributed by atoms with Crippen molar-refractivity contribution in [3.63, 3.8) is 0 Å². The fraction of sp³-hybridized carbons (Fsp3) is 0.278. The van der Waals surface area contributed by atoms with Gasteiger partial charge in [-0.2, -0.15) is 0 Å². The van der Waals surface area contributed by atoms with E-state index in [1.165, 1.54) is 0 Å². The summed E-state index contributed by atoms with van der Waals surface area (Å²) < 4.78 is 0. The van der Waals surface area contributed by atoms with Crippen molar-refractivity contribution < 1.29 is 4.79 Å². The third kappa shape index (κ3) is 4.35. The molecule has 2 N–H and O–H groups in total. The molecule has 0 radical (unpaired) electrons. The van der Waals surface area contributed by atoms with Crippen LogP contribution in [0.25, 0.3) is 0 Å². The minimum Gasteiger partial charge on any atom is -0.380 e. The Morgan fingerprint density at radius 2 is 1.57 bits per heavy atom. The van der Waals surface area contributed by atoms with Crippen molar-refractivity contribution in [2.75, 3.05) is 10.6 Å². The van der Waals surface area contributed by atoms with E-state index in [-0.39, 0.29) is 11.4 Å². The van der Waals surface area contributed by atoms with Gasteiger partial charge in [0.05, 0.1) is 0 Å². The molecule has 0 atom stereocenters. The zero-order chi connectivity index (χ0) is 15.3. The summed E-state index contributed by atoms with van der Waals surface area (Å²) in [6.45, 7) is 6.46. The fourth-order valence-corrected chi connectivity index (χ4v) is 1.91. The van der Waals surface area contributed by atoms with E-state index < -0.39 is 0 Å². The van der Waals surface area contributed by atoms with E-state index in [9.17, 15) is 4.79 Å². The molecule has 21 heavy (non-hydrogen) atoms. The molecule has 2 rings (SSSR count). The van der Waals surface area contributed by atoms with E-state index in [1.54, 1.807) is 0 Å². The lowest BCUT2D eigenvalue weighted by Crippen LogP contribution is -2.29. The van der Waals surface area contributed by atoms with Crippen LogP contribution >= 0.6 is 0 Å². The third-order valence-electron chi connectivity index (χ3n) is 3.55. The Bertz CT molecular complexity index is 588. The summed E-state index contributed by atoms with van der Waals surface area (Å²) in [6, 6.07) is 17.0. The van der Waals surface area contributed by atoms with E-state index >= 15 is 0 Å². The first-order chi connectivity index (χ1) is 10.00. The lowest BCUT2D eigenvalue weighted by molar-refractivity contribution is 0.102. The number of anilines is 2. The van der Waals surface area contributed by atoms with E-state index in [1.807, 2.05) is 54.6 Å². The Balaban J connectivity index is 2.03. The van der Waals surface area contributed by atoms with Crippen molar-refractivity contribution in [1.29, 1.82) is 0 Å². The van der Waals surface area contributed by atoms with Crippen molar-refractivity contribution in [2.24, 2.45) is 0 Å². The molecule has 0 aromatic heterocycles. The molecule has 0 aliphatic carbocycles. The van der Waals surface area contributed by atoms with Gasteiger partial charge >= 0.3 is 0 Å². The largest absolute Gasteiger partial charge is 0.380 e. The van der Waals surface area contributed by atoms with Gasteiger partial charge in [-0.05, 0) is 56.7 Å². The summed E-state index contributed by atoms with van der Waals surface area (Å²) in [5, 5.41) is 6.33. The molecular weight excluding hydrogens is 260 g/mol. The first-order valence-electron chi connectivity index (χ1n) is 7.25. The SMILES string of the molecule is CCC(C)(C)Nc1ccc(C(=O)Nc2ccccc2)cc1. The standard InChI is InChI=1S/C18H22N2O/c1-4-18(2,3)20-16-12-10-14(11-13-16)17(21)19-15-8-6-5-7-9-15/h5-13,20H,4H2,1-3H3,(H,19,21). The second-order valence-corrected chi connectivity index (χ2v) is 5.76. The quantitative estimate of drug-likeness (QED) is 0.845. The van der Waals surface area contributed by atoms with Gasteiger partial charge in [-0.15, -0.1) is 0 Å². The summed E-state index contributed by atoms with van der Waals surface area (Å²) in [4.78, 5) is 12.1. The van der Waals surface area contributed by atoms with Crippen LogP contribution in [0.2, 0.25) is 0 Å². The molecule has 0 unspecified atom stereocenters. The van der Waals surface area contributed by atoms with Crippen LogP contribution in [0.15, 0.2) is 54.6 Å². The molecule has 1 amide bonds. The van der Waals surface area contributed by atoms with Gasteiger partial charge in [-0.1, -0.05) is 25.1 Å². The van der Waals surface area contributed by atoms with Gasteiger partial charge in [-0.25, -0.2) is 0 Å². The number of hydrogen-bond donors (Lipinski definition) is 2. The highest BCUT2D eigenvalue weighted by Gasteiger charge is 2.14. The van der Waals surface area contributed by atoms with Gasteiger partial charge in [0.1, 0.15) is 0 Å². The van der Waals surface area contributed by atoms with E-state index in [2.05, 4.69) is 31.4 Å². The summed E-state index contributed by atoms with van der Waals surface area (Å²) in [5.41, 5.74) is 2.53. The van der Waals surface area contributed by atoms with E-state index in [0.717, 1.165) is 17.8 Å². The first kappa shape index (κ1) is 15.1. The Morgan fingerprint density at radius 3 is 2.14 bits per heavy atom. The smallest absolute Gasteiger partial charge is 0.255 e. The lowest BCUT2D eigenvalue weighted by atomic mass is 10.0. The first-order valence-corrected chi connectivity index (χ1v) is 7.25. The summed E-state index contributed by atoms with van der Waals surface area (Å²) in [7, 11) is 0. The predicted molar refractivity (Wildman–Crippen MR) is 88.8 cm³/mol. The van der Waals surface area contributed by atoms with Gasteiger partial charge in [0.15, 0.2) is 0 Å². The van der Waals surface area contributed by atoms with Crippen LogP contribution in [0.5, 0.6) is 0 Å². The molecule has 0 aliphatic heterocycles. The van der Waals surface area contributed by atoms with Gasteiger partial charge < -0.3 is 10.6 Å². The van der Waals surface area contributed by atoms with Gasteiger partial charge in [0.25, 0.3) is 5.91 Å². The summed E-state index contributed by atoms with van der Waals surface area (Å²) in [5.74, 6) is -0.0949. The Kier molecular flexibility index (Phi) is 4.63. The highest BCUT2D eigenvalue weighted by atomic mass is 16.1. The number of benzene rings is 2. The second kappa shape index (κ2) is 6.44. The molecule has 110 valence electrons. The van der Waals surface area contributed by atoms with E-state index in [0.29, 0.717) is 5.56 Å². The van der Waals surface area contributed by atoms with E-state index in [4.69, 9.17) is 0 Å². The number of hydrogen-bond acceptors (Lipinski definition) is 2. The molecule has 2 aromatic rings. The zero-order valence-corrected chi connectivity index (χ0v) is 12.8. The molecule has 0 spiro atoms. The third-order valence-corrected chi connectivity index (χ3v) is 3.55. The van der Waals surface area contributed by atoms with Crippen molar-refractivity contribution in [3.8, 4) is 0 Å². The highest BCUT2D eigenvalue weighted by Crippen LogP contribution is 2.18. The van der Waals surface area contributed by atoms with Crippen LogP contribution < -0.4 is 10.6 Å². The molecule has 3 heteroatoms. The average molecular weight is 282 g/mol. The van der Waals surface area contributed by atoms with Crippen molar-refractivity contribution in [3.05, 3.63) is 60.2 Å². The maximum Gasteiger partial charge on any atom is 0.255 e. The molecule has 0 saturated carbocycles. The van der Waals surface area contributed by atoms with Crippen LogP contribution in [-0.2, 0) is 0 Å². The molecule has 0 aliphatic rings. The highest BCUT2D eigenvalue weighted by molar-refractivity contribution is 6.04. The Hall–Kier alpha value is -2.29. The minimum absolute atomic E-state index is 0.0494. The maximum atomic E-state index is 12.1. The number of para-hydroxylation sites is 1. The van der Waals surface area contributed by atoms with Crippen molar-refractivity contribution in [1.82, 2.24) is 0 Å². The fourth-order valence-electron chi connectivity index (χ4n) is 1.91. The van der Waals surface area contributed by atoms with Crippen LogP contribution in [-0.4, -0.2) is 11.4 Å². The maximum absolute atomic E-state index is 12.1. The van der Waals surface area contributed by atoms with Crippen LogP contribution in [0, 0.1) is 0 Å². The number of carbonyl (C=O) groups is 1. The number of nitrogens with one attached hydrogen (secondary N) is 2. The second-order valence-electron chi connectivity index (χ2n) is 5.76. The monoisotopic (exact) mass is 282 g/mol. The van der Waals surface area contributed by atoms with Crippen molar-refractivity contribution in [2.45, 2.75) is 32.7 Å². The number of carbonyl (C=O) groups excluding carboxylic acids is 1. The zero-order valence-electron chi connectivity index (χ0n) is 12.8. The van der Waals surface area contributed by atoms with Crippen LogP contribution in [0.3, 0.4) is 0 Å². The van der Waals surface area contributed by atoms with Crippen LogP contribution in [0.4, 0.5) is 11.4 Å².